The number of hydrogen-bond acceptors (Lipinski definition) is 3. The minimum atomic E-state index is -0.357. The Balaban J connectivity index is 1.68. The highest BCUT2D eigenvalue weighted by molar-refractivity contribution is 5.95. The smallest absolute Gasteiger partial charge is 0.264 e. The zero-order chi connectivity index (χ0) is 20.1. The second-order valence-electron chi connectivity index (χ2n) is 7.27. The molecule has 1 aromatic carbocycles. The van der Waals surface area contributed by atoms with Crippen molar-refractivity contribution in [2.75, 3.05) is 19.6 Å². The van der Waals surface area contributed by atoms with Crippen LogP contribution in [0.1, 0.15) is 53.7 Å². The molecule has 1 N–H and O–H groups in total. The molecule has 0 bridgehead atoms. The number of aryl methyl sites for hydroxylation is 1. The van der Waals surface area contributed by atoms with Gasteiger partial charge in [-0.3, -0.25) is 14.4 Å². The SMILES string of the molecule is Cc1ccn(C(C)c2ccccc2)c(=O)c1C(=O)NCCCN1CCCC1=O. The molecule has 3 rings (SSSR count). The molecule has 6 heteroatoms. The number of benzene rings is 1. The van der Waals surface area contributed by atoms with E-state index in [2.05, 4.69) is 5.32 Å². The highest BCUT2D eigenvalue weighted by Gasteiger charge is 2.20. The number of aromatic nitrogens is 1. The number of hydrogen-bond donors (Lipinski definition) is 1. The molecule has 0 saturated carbocycles. The molecule has 2 amide bonds. The van der Waals surface area contributed by atoms with E-state index >= 15 is 0 Å². The van der Waals surface area contributed by atoms with Crippen molar-refractivity contribution in [3.05, 3.63) is 69.6 Å². The summed E-state index contributed by atoms with van der Waals surface area (Å²) in [6, 6.07) is 11.4. The molecule has 0 spiro atoms. The number of rotatable bonds is 7. The van der Waals surface area contributed by atoms with Crippen molar-refractivity contribution in [3.8, 4) is 0 Å². The number of likely N-dealkylation sites (tertiary alicyclic amines) is 1. The first-order chi connectivity index (χ1) is 13.5. The van der Waals surface area contributed by atoms with Crippen LogP contribution in [0.15, 0.2) is 47.4 Å². The number of carbonyl (C=O) groups excluding carboxylic acids is 2. The van der Waals surface area contributed by atoms with Gasteiger partial charge in [-0.15, -0.1) is 0 Å². The molecule has 148 valence electrons. The van der Waals surface area contributed by atoms with Crippen molar-refractivity contribution in [1.29, 1.82) is 0 Å². The molecular weight excluding hydrogens is 354 g/mol. The fourth-order valence-electron chi connectivity index (χ4n) is 3.61. The molecular formula is C22H27N3O3. The summed E-state index contributed by atoms with van der Waals surface area (Å²) < 4.78 is 1.60. The van der Waals surface area contributed by atoms with Crippen LogP contribution in [-0.2, 0) is 4.79 Å². The molecule has 28 heavy (non-hydrogen) atoms. The van der Waals surface area contributed by atoms with E-state index in [4.69, 9.17) is 0 Å². The number of nitrogens with zero attached hydrogens (tertiary/aromatic N) is 2. The molecule has 2 aromatic rings. The quantitative estimate of drug-likeness (QED) is 0.749. The summed E-state index contributed by atoms with van der Waals surface area (Å²) >= 11 is 0. The molecule has 1 unspecified atom stereocenters. The van der Waals surface area contributed by atoms with Crippen LogP contribution in [0.3, 0.4) is 0 Å². The van der Waals surface area contributed by atoms with Gasteiger partial charge in [0.2, 0.25) is 5.91 Å². The first-order valence-corrected chi connectivity index (χ1v) is 9.81. The van der Waals surface area contributed by atoms with Crippen molar-refractivity contribution in [2.45, 2.75) is 39.2 Å². The van der Waals surface area contributed by atoms with Gasteiger partial charge in [0.1, 0.15) is 5.56 Å². The van der Waals surface area contributed by atoms with Crippen LogP contribution in [0.2, 0.25) is 0 Å². The van der Waals surface area contributed by atoms with Gasteiger partial charge in [0, 0.05) is 32.3 Å². The van der Waals surface area contributed by atoms with Crippen molar-refractivity contribution in [3.63, 3.8) is 0 Å². The van der Waals surface area contributed by atoms with Gasteiger partial charge >= 0.3 is 0 Å². The van der Waals surface area contributed by atoms with Crippen molar-refractivity contribution in [2.24, 2.45) is 0 Å². The first kappa shape index (κ1) is 19.9. The molecule has 6 nitrogen and oxygen atoms in total. The average Bonchev–Trinajstić information content (AvgIpc) is 3.10. The summed E-state index contributed by atoms with van der Waals surface area (Å²) in [5, 5.41) is 2.84. The molecule has 1 aliphatic rings. The molecule has 0 radical (unpaired) electrons. The van der Waals surface area contributed by atoms with Gasteiger partial charge < -0.3 is 14.8 Å². The number of nitrogens with one attached hydrogen (secondary N) is 1. The summed E-state index contributed by atoms with van der Waals surface area (Å²) in [7, 11) is 0. The lowest BCUT2D eigenvalue weighted by Gasteiger charge is -2.18. The minimum absolute atomic E-state index is 0.165. The van der Waals surface area contributed by atoms with Crippen molar-refractivity contribution in [1.82, 2.24) is 14.8 Å². The number of pyridine rings is 1. The van der Waals surface area contributed by atoms with Crippen LogP contribution in [0, 0.1) is 6.92 Å². The van der Waals surface area contributed by atoms with Gasteiger partial charge in [-0.1, -0.05) is 30.3 Å². The summed E-state index contributed by atoms with van der Waals surface area (Å²) in [5.74, 6) is -0.173. The Morgan fingerprint density at radius 3 is 2.61 bits per heavy atom. The lowest BCUT2D eigenvalue weighted by Crippen LogP contribution is -2.36. The Morgan fingerprint density at radius 1 is 1.18 bits per heavy atom. The summed E-state index contributed by atoms with van der Waals surface area (Å²) in [6.45, 7) is 5.59. The van der Waals surface area contributed by atoms with E-state index in [0.717, 1.165) is 18.5 Å². The predicted molar refractivity (Wildman–Crippen MR) is 108 cm³/mol. The molecule has 1 aliphatic heterocycles. The lowest BCUT2D eigenvalue weighted by molar-refractivity contribution is -0.127. The van der Waals surface area contributed by atoms with Crippen molar-refractivity contribution < 1.29 is 9.59 Å². The zero-order valence-electron chi connectivity index (χ0n) is 16.5. The van der Waals surface area contributed by atoms with E-state index in [0.29, 0.717) is 31.5 Å². The second-order valence-corrected chi connectivity index (χ2v) is 7.27. The predicted octanol–water partition coefficient (Wildman–Crippen LogP) is 2.51. The van der Waals surface area contributed by atoms with Crippen LogP contribution in [0.5, 0.6) is 0 Å². The highest BCUT2D eigenvalue weighted by Crippen LogP contribution is 2.16. The van der Waals surface area contributed by atoms with Crippen LogP contribution in [0.4, 0.5) is 0 Å². The maximum atomic E-state index is 13.0. The summed E-state index contributed by atoms with van der Waals surface area (Å²) in [6.07, 6.45) is 3.95. The lowest BCUT2D eigenvalue weighted by atomic mass is 10.1. The molecule has 2 heterocycles. The third-order valence-corrected chi connectivity index (χ3v) is 5.32. The number of carbonyl (C=O) groups is 2. The Labute approximate surface area is 165 Å². The fourth-order valence-corrected chi connectivity index (χ4v) is 3.61. The maximum absolute atomic E-state index is 13.0. The fraction of sp³-hybridized carbons (Fsp3) is 0.409. The summed E-state index contributed by atoms with van der Waals surface area (Å²) in [4.78, 5) is 39.1. The van der Waals surface area contributed by atoms with Crippen LogP contribution >= 0.6 is 0 Å². The van der Waals surface area contributed by atoms with E-state index in [9.17, 15) is 14.4 Å². The zero-order valence-corrected chi connectivity index (χ0v) is 16.5. The minimum Gasteiger partial charge on any atom is -0.352 e. The Hall–Kier alpha value is -2.89. The topological polar surface area (TPSA) is 71.4 Å². The first-order valence-electron chi connectivity index (χ1n) is 9.81. The van der Waals surface area contributed by atoms with Crippen LogP contribution < -0.4 is 10.9 Å². The van der Waals surface area contributed by atoms with Gasteiger partial charge in [-0.25, -0.2) is 0 Å². The molecule has 1 saturated heterocycles. The third kappa shape index (κ3) is 4.32. The van der Waals surface area contributed by atoms with Gasteiger partial charge in [-0.05, 0) is 43.9 Å². The van der Waals surface area contributed by atoms with Crippen molar-refractivity contribution >= 4 is 11.8 Å². The van der Waals surface area contributed by atoms with Gasteiger partial charge in [0.05, 0.1) is 6.04 Å². The summed E-state index contributed by atoms with van der Waals surface area (Å²) in [5.41, 5.74) is 1.56. The maximum Gasteiger partial charge on any atom is 0.264 e. The third-order valence-electron chi connectivity index (χ3n) is 5.32. The van der Waals surface area contributed by atoms with E-state index in [-0.39, 0.29) is 29.0 Å². The molecule has 1 atom stereocenters. The van der Waals surface area contributed by atoms with Gasteiger partial charge in [-0.2, -0.15) is 0 Å². The molecule has 0 aliphatic carbocycles. The Bertz CT molecular complexity index is 905. The molecule has 1 fully saturated rings. The van der Waals surface area contributed by atoms with E-state index < -0.39 is 0 Å². The van der Waals surface area contributed by atoms with Gasteiger partial charge in [0.25, 0.3) is 11.5 Å². The molecule has 1 aromatic heterocycles. The number of amides is 2. The second kappa shape index (κ2) is 8.87. The normalized spacial score (nSPS) is 14.9. The van der Waals surface area contributed by atoms with Crippen LogP contribution in [-0.4, -0.2) is 40.9 Å². The largest absolute Gasteiger partial charge is 0.352 e. The van der Waals surface area contributed by atoms with E-state index in [1.807, 2.05) is 42.2 Å². The van der Waals surface area contributed by atoms with E-state index in [1.54, 1.807) is 23.8 Å². The standard InChI is InChI=1S/C22H27N3O3/c1-16-11-15-25(17(2)18-8-4-3-5-9-18)22(28)20(16)21(27)23-12-7-14-24-13-6-10-19(24)26/h3-5,8-9,11,15,17H,6-7,10,12-14H2,1-2H3,(H,23,27). The van der Waals surface area contributed by atoms with Gasteiger partial charge in [0.15, 0.2) is 0 Å². The average molecular weight is 381 g/mol. The van der Waals surface area contributed by atoms with Crippen LogP contribution in [0.25, 0.3) is 0 Å². The highest BCUT2D eigenvalue weighted by atomic mass is 16.2. The monoisotopic (exact) mass is 381 g/mol. The van der Waals surface area contributed by atoms with E-state index in [1.165, 1.54) is 0 Å². The Morgan fingerprint density at radius 2 is 1.93 bits per heavy atom. The Kier molecular flexibility index (Phi) is 6.29.